The third-order valence-corrected chi connectivity index (χ3v) is 4.35. The van der Waals surface area contributed by atoms with E-state index < -0.39 is 20.8 Å². The van der Waals surface area contributed by atoms with Crippen LogP contribution in [0.1, 0.15) is 51.0 Å². The van der Waals surface area contributed by atoms with E-state index in [2.05, 4.69) is 6.08 Å². The van der Waals surface area contributed by atoms with Gasteiger partial charge in [0.25, 0.3) is 10.1 Å². The maximum atomic E-state index is 11.6. The first-order valence-corrected chi connectivity index (χ1v) is 8.78. The third kappa shape index (κ3) is 7.79. The summed E-state index contributed by atoms with van der Waals surface area (Å²) in [6.45, 7) is 2.01. The molecule has 0 heterocycles. The van der Waals surface area contributed by atoms with Crippen LogP contribution in [0.3, 0.4) is 0 Å². The topological polar surface area (TPSA) is 77.4 Å². The van der Waals surface area contributed by atoms with Crippen molar-refractivity contribution in [1.82, 2.24) is 0 Å². The molecule has 1 rings (SSSR count). The first kappa shape index (κ1) is 21.7. The second-order valence-corrected chi connectivity index (χ2v) is 6.45. The second kappa shape index (κ2) is 11.2. The Morgan fingerprint density at radius 3 is 2.41 bits per heavy atom. The van der Waals surface area contributed by atoms with E-state index in [1.807, 2.05) is 13.0 Å². The van der Waals surface area contributed by atoms with Gasteiger partial charge in [-0.15, -0.1) is 0 Å². The van der Waals surface area contributed by atoms with Crippen molar-refractivity contribution < 1.29 is 47.6 Å². The number of hydrogen-bond donors (Lipinski definition) is 1. The fourth-order valence-electron chi connectivity index (χ4n) is 2.33. The van der Waals surface area contributed by atoms with Crippen molar-refractivity contribution in [2.24, 2.45) is 0 Å². The molecule has 0 amide bonds. The molecule has 118 valence electrons. The van der Waals surface area contributed by atoms with Crippen LogP contribution in [0, 0.1) is 0 Å². The molecule has 0 aliphatic rings. The van der Waals surface area contributed by atoms with E-state index >= 15 is 0 Å². The Bertz CT molecular complexity index is 568. The van der Waals surface area contributed by atoms with E-state index in [0.717, 1.165) is 44.6 Å². The molecular weight excluding hydrogens is 311 g/mol. The van der Waals surface area contributed by atoms with Crippen LogP contribution in [0.15, 0.2) is 35.2 Å². The molecule has 6 heteroatoms. The van der Waals surface area contributed by atoms with Crippen molar-refractivity contribution in [3.05, 3.63) is 35.9 Å². The molecule has 22 heavy (non-hydrogen) atoms. The summed E-state index contributed by atoms with van der Waals surface area (Å²) in [6.07, 6.45) is 11.0. The van der Waals surface area contributed by atoms with Crippen LogP contribution in [0.2, 0.25) is 0 Å². The molecular formula is C16H23NaO4S. The SMILES string of the molecule is C/C=C/CCCCCCCc1cccc([O-])c1S(=O)(=O)O.[Na+]. The van der Waals surface area contributed by atoms with Crippen LogP contribution < -0.4 is 34.7 Å². The molecule has 1 N–H and O–H groups in total. The Balaban J connectivity index is 0.00000441. The van der Waals surface area contributed by atoms with E-state index in [4.69, 9.17) is 4.55 Å². The Morgan fingerprint density at radius 2 is 1.77 bits per heavy atom. The summed E-state index contributed by atoms with van der Waals surface area (Å²) in [6, 6.07) is 4.29. The molecule has 0 aliphatic carbocycles. The van der Waals surface area contributed by atoms with E-state index in [1.54, 1.807) is 6.07 Å². The van der Waals surface area contributed by atoms with Gasteiger partial charge in [0.1, 0.15) is 0 Å². The summed E-state index contributed by atoms with van der Waals surface area (Å²) in [7, 11) is -4.44. The fraction of sp³-hybridized carbons (Fsp3) is 0.500. The van der Waals surface area contributed by atoms with Gasteiger partial charge in [-0.2, -0.15) is 8.42 Å². The predicted molar refractivity (Wildman–Crippen MR) is 81.9 cm³/mol. The van der Waals surface area contributed by atoms with E-state index in [1.165, 1.54) is 6.07 Å². The molecule has 0 radical (unpaired) electrons. The first-order chi connectivity index (χ1) is 9.96. The van der Waals surface area contributed by atoms with E-state index in [-0.39, 0.29) is 29.6 Å². The molecule has 0 aliphatic heterocycles. The monoisotopic (exact) mass is 334 g/mol. The maximum Gasteiger partial charge on any atom is 1.00 e. The molecule has 0 fully saturated rings. The number of hydrogen-bond acceptors (Lipinski definition) is 3. The van der Waals surface area contributed by atoms with Crippen LogP contribution in [-0.4, -0.2) is 13.0 Å². The van der Waals surface area contributed by atoms with Gasteiger partial charge >= 0.3 is 29.6 Å². The minimum atomic E-state index is -4.44. The molecule has 0 saturated carbocycles. The van der Waals surface area contributed by atoms with Gasteiger partial charge in [0.15, 0.2) is 0 Å². The van der Waals surface area contributed by atoms with Gasteiger partial charge in [-0.1, -0.05) is 55.4 Å². The zero-order chi connectivity index (χ0) is 15.7. The van der Waals surface area contributed by atoms with Crippen LogP contribution in [0.5, 0.6) is 5.75 Å². The molecule has 0 saturated heterocycles. The standard InChI is InChI=1S/C16H24O4S.Na/c1-2-3-4-5-6-7-8-9-11-14-12-10-13-15(17)16(14)21(18,19)20;/h2-3,10,12-13,17H,4-9,11H2,1H3,(H,18,19,20);/q;+1/p-1/b3-2+;. The Labute approximate surface area is 155 Å². The van der Waals surface area contributed by atoms with Crippen molar-refractivity contribution in [2.75, 3.05) is 0 Å². The summed E-state index contributed by atoms with van der Waals surface area (Å²) < 4.78 is 31.7. The molecule has 0 spiro atoms. The zero-order valence-corrected chi connectivity index (χ0v) is 16.2. The quantitative estimate of drug-likeness (QED) is 0.308. The number of unbranched alkanes of at least 4 members (excludes halogenated alkanes) is 5. The van der Waals surface area contributed by atoms with Crippen LogP contribution in [-0.2, 0) is 16.5 Å². The largest absolute Gasteiger partial charge is 1.00 e. The first-order valence-electron chi connectivity index (χ1n) is 7.34. The maximum absolute atomic E-state index is 11.6. The molecule has 0 unspecified atom stereocenters. The minimum Gasteiger partial charge on any atom is -0.872 e. The summed E-state index contributed by atoms with van der Waals surface area (Å²) in [5.74, 6) is -0.638. The van der Waals surface area contributed by atoms with Gasteiger partial charge in [0, 0.05) is 0 Å². The van der Waals surface area contributed by atoms with Crippen LogP contribution >= 0.6 is 0 Å². The summed E-state index contributed by atoms with van der Waals surface area (Å²) in [5.41, 5.74) is 0.416. The van der Waals surface area contributed by atoms with Crippen molar-refractivity contribution in [3.8, 4) is 5.75 Å². The normalized spacial score (nSPS) is 11.5. The van der Waals surface area contributed by atoms with Gasteiger partial charge < -0.3 is 5.11 Å². The summed E-state index contributed by atoms with van der Waals surface area (Å²) >= 11 is 0. The molecule has 0 atom stereocenters. The smallest absolute Gasteiger partial charge is 0.872 e. The summed E-state index contributed by atoms with van der Waals surface area (Å²) in [5, 5.41) is 11.6. The number of rotatable bonds is 9. The molecule has 0 aromatic heterocycles. The van der Waals surface area contributed by atoms with Crippen LogP contribution in [0.25, 0.3) is 0 Å². The second-order valence-electron chi connectivity index (χ2n) is 5.09. The number of benzene rings is 1. The van der Waals surface area contributed by atoms with Crippen molar-refractivity contribution in [2.45, 2.75) is 56.8 Å². The molecule has 1 aromatic carbocycles. The van der Waals surface area contributed by atoms with E-state index in [9.17, 15) is 13.5 Å². The molecule has 1 aromatic rings. The van der Waals surface area contributed by atoms with Crippen molar-refractivity contribution in [3.63, 3.8) is 0 Å². The van der Waals surface area contributed by atoms with Crippen LogP contribution in [0.4, 0.5) is 0 Å². The zero-order valence-electron chi connectivity index (χ0n) is 13.4. The van der Waals surface area contributed by atoms with E-state index in [0.29, 0.717) is 12.0 Å². The molecule has 4 nitrogen and oxygen atoms in total. The molecule has 0 bridgehead atoms. The van der Waals surface area contributed by atoms with Gasteiger partial charge in [-0.05, 0) is 38.2 Å². The predicted octanol–water partition coefficient (Wildman–Crippen LogP) is 0.470. The summed E-state index contributed by atoms with van der Waals surface area (Å²) in [4.78, 5) is -0.460. The Morgan fingerprint density at radius 1 is 1.14 bits per heavy atom. The van der Waals surface area contributed by atoms with Gasteiger partial charge in [-0.3, -0.25) is 4.55 Å². The minimum absolute atomic E-state index is 0. The third-order valence-electron chi connectivity index (χ3n) is 3.37. The fourth-order valence-corrected chi connectivity index (χ4v) is 3.15. The van der Waals surface area contributed by atoms with Gasteiger partial charge in [0.05, 0.1) is 4.90 Å². The average Bonchev–Trinajstić information content (AvgIpc) is 2.40. The Hall–Kier alpha value is -0.330. The Kier molecular flexibility index (Phi) is 11.1. The number of aryl methyl sites for hydroxylation is 1. The number of allylic oxidation sites excluding steroid dienone is 2. The van der Waals surface area contributed by atoms with Crippen molar-refractivity contribution in [1.29, 1.82) is 0 Å². The average molecular weight is 334 g/mol. The van der Waals surface area contributed by atoms with Crippen molar-refractivity contribution >= 4 is 10.1 Å². The van der Waals surface area contributed by atoms with Gasteiger partial charge in [-0.25, -0.2) is 0 Å². The van der Waals surface area contributed by atoms with Gasteiger partial charge in [0.2, 0.25) is 0 Å².